The summed E-state index contributed by atoms with van der Waals surface area (Å²) in [4.78, 5) is 23.6. The SMILES string of the molecule is O=C(O)C1CC(=O)N(CCCOCCO)C1. The first-order valence-electron chi connectivity index (χ1n) is 5.34. The maximum atomic E-state index is 11.4. The van der Waals surface area contributed by atoms with Crippen LogP contribution in [0.5, 0.6) is 0 Å². The number of hydrogen-bond acceptors (Lipinski definition) is 4. The van der Waals surface area contributed by atoms with Crippen molar-refractivity contribution in [3.8, 4) is 0 Å². The number of carbonyl (C=O) groups excluding carboxylic acids is 1. The Bertz CT molecular complexity index is 256. The molecule has 0 aromatic heterocycles. The van der Waals surface area contributed by atoms with Gasteiger partial charge in [0.25, 0.3) is 0 Å². The van der Waals surface area contributed by atoms with Gasteiger partial charge in [0.2, 0.25) is 5.91 Å². The second-order valence-electron chi connectivity index (χ2n) is 3.77. The van der Waals surface area contributed by atoms with Gasteiger partial charge < -0.3 is 19.8 Å². The van der Waals surface area contributed by atoms with E-state index in [4.69, 9.17) is 14.9 Å². The molecule has 1 heterocycles. The van der Waals surface area contributed by atoms with Gasteiger partial charge in [0, 0.05) is 26.1 Å². The van der Waals surface area contributed by atoms with Gasteiger partial charge in [0.15, 0.2) is 0 Å². The van der Waals surface area contributed by atoms with E-state index in [1.54, 1.807) is 4.90 Å². The monoisotopic (exact) mass is 231 g/mol. The van der Waals surface area contributed by atoms with Gasteiger partial charge in [0.1, 0.15) is 0 Å². The fourth-order valence-corrected chi connectivity index (χ4v) is 1.68. The minimum Gasteiger partial charge on any atom is -0.481 e. The lowest BCUT2D eigenvalue weighted by Gasteiger charge is -2.15. The van der Waals surface area contributed by atoms with E-state index in [1.807, 2.05) is 0 Å². The number of aliphatic carboxylic acids is 1. The molecule has 16 heavy (non-hydrogen) atoms. The van der Waals surface area contributed by atoms with Crippen LogP contribution in [-0.2, 0) is 14.3 Å². The molecule has 0 spiro atoms. The van der Waals surface area contributed by atoms with Crippen molar-refractivity contribution in [2.45, 2.75) is 12.8 Å². The first-order chi connectivity index (χ1) is 7.65. The van der Waals surface area contributed by atoms with Crippen molar-refractivity contribution in [1.29, 1.82) is 0 Å². The van der Waals surface area contributed by atoms with Crippen LogP contribution in [0.1, 0.15) is 12.8 Å². The first-order valence-corrected chi connectivity index (χ1v) is 5.34. The fourth-order valence-electron chi connectivity index (χ4n) is 1.68. The minimum absolute atomic E-state index is 0.0102. The molecule has 1 saturated heterocycles. The maximum absolute atomic E-state index is 11.4. The highest BCUT2D eigenvalue weighted by Crippen LogP contribution is 2.17. The van der Waals surface area contributed by atoms with E-state index in [0.29, 0.717) is 32.7 Å². The van der Waals surface area contributed by atoms with Crippen molar-refractivity contribution in [1.82, 2.24) is 4.90 Å². The summed E-state index contributed by atoms with van der Waals surface area (Å²) in [7, 11) is 0. The summed E-state index contributed by atoms with van der Waals surface area (Å²) >= 11 is 0. The van der Waals surface area contributed by atoms with Gasteiger partial charge in [-0.2, -0.15) is 0 Å². The molecule has 92 valence electrons. The third-order valence-electron chi connectivity index (χ3n) is 2.52. The lowest BCUT2D eigenvalue weighted by atomic mass is 10.1. The van der Waals surface area contributed by atoms with Gasteiger partial charge in [-0.15, -0.1) is 0 Å². The maximum Gasteiger partial charge on any atom is 0.308 e. The molecule has 0 aliphatic carbocycles. The van der Waals surface area contributed by atoms with Crippen molar-refractivity contribution in [3.63, 3.8) is 0 Å². The van der Waals surface area contributed by atoms with Gasteiger partial charge in [-0.25, -0.2) is 0 Å². The quantitative estimate of drug-likeness (QED) is 0.567. The van der Waals surface area contributed by atoms with Crippen LogP contribution in [0.4, 0.5) is 0 Å². The summed E-state index contributed by atoms with van der Waals surface area (Å²) < 4.78 is 5.05. The number of aliphatic hydroxyl groups excluding tert-OH is 1. The van der Waals surface area contributed by atoms with Gasteiger partial charge in [-0.3, -0.25) is 9.59 Å². The summed E-state index contributed by atoms with van der Waals surface area (Å²) in [5, 5.41) is 17.2. The summed E-state index contributed by atoms with van der Waals surface area (Å²) in [5.74, 6) is -1.58. The van der Waals surface area contributed by atoms with Crippen LogP contribution in [0.2, 0.25) is 0 Å². The van der Waals surface area contributed by atoms with Gasteiger partial charge in [-0.1, -0.05) is 0 Å². The summed E-state index contributed by atoms with van der Waals surface area (Å²) in [5.41, 5.74) is 0. The Labute approximate surface area is 93.8 Å². The molecule has 0 saturated carbocycles. The molecule has 1 aliphatic heterocycles. The third kappa shape index (κ3) is 3.79. The lowest BCUT2D eigenvalue weighted by molar-refractivity contribution is -0.141. The number of carboxylic acid groups (broad SMARTS) is 1. The van der Waals surface area contributed by atoms with Crippen LogP contribution in [0.3, 0.4) is 0 Å². The van der Waals surface area contributed by atoms with E-state index in [2.05, 4.69) is 0 Å². The molecule has 1 rings (SSSR count). The van der Waals surface area contributed by atoms with Crippen molar-refractivity contribution >= 4 is 11.9 Å². The number of carboxylic acids is 1. The molecule has 2 N–H and O–H groups in total. The van der Waals surface area contributed by atoms with E-state index in [-0.39, 0.29) is 18.9 Å². The molecule has 1 atom stereocenters. The minimum atomic E-state index is -0.910. The van der Waals surface area contributed by atoms with E-state index in [0.717, 1.165) is 0 Å². The zero-order chi connectivity index (χ0) is 12.0. The predicted molar refractivity (Wildman–Crippen MR) is 54.8 cm³/mol. The Kier molecular flexibility index (Phi) is 5.21. The third-order valence-corrected chi connectivity index (χ3v) is 2.52. The smallest absolute Gasteiger partial charge is 0.308 e. The highest BCUT2D eigenvalue weighted by Gasteiger charge is 2.33. The standard InChI is InChI=1S/C10H17NO5/c12-3-5-16-4-1-2-11-7-8(10(14)15)6-9(11)13/h8,12H,1-7H2,(H,14,15). The number of ether oxygens (including phenoxy) is 1. The number of amides is 1. The number of aliphatic hydroxyl groups is 1. The van der Waals surface area contributed by atoms with Crippen LogP contribution in [0.15, 0.2) is 0 Å². The Hall–Kier alpha value is -1.14. The molecular formula is C10H17NO5. The number of likely N-dealkylation sites (tertiary alicyclic amines) is 1. The average molecular weight is 231 g/mol. The highest BCUT2D eigenvalue weighted by molar-refractivity contribution is 5.86. The zero-order valence-corrected chi connectivity index (χ0v) is 9.09. The van der Waals surface area contributed by atoms with Crippen LogP contribution >= 0.6 is 0 Å². The van der Waals surface area contributed by atoms with Gasteiger partial charge in [0.05, 0.1) is 19.1 Å². The topological polar surface area (TPSA) is 87.1 Å². The fraction of sp³-hybridized carbons (Fsp3) is 0.800. The molecule has 1 fully saturated rings. The van der Waals surface area contributed by atoms with Crippen molar-refractivity contribution < 1.29 is 24.5 Å². The van der Waals surface area contributed by atoms with E-state index >= 15 is 0 Å². The largest absolute Gasteiger partial charge is 0.481 e. The van der Waals surface area contributed by atoms with Crippen LogP contribution in [0.25, 0.3) is 0 Å². The Morgan fingerprint density at radius 1 is 1.50 bits per heavy atom. The molecule has 1 aliphatic rings. The number of carbonyl (C=O) groups is 2. The summed E-state index contributed by atoms with van der Waals surface area (Å²) in [6, 6.07) is 0. The Morgan fingerprint density at radius 2 is 2.25 bits per heavy atom. The van der Waals surface area contributed by atoms with Gasteiger partial charge in [-0.05, 0) is 6.42 Å². The normalized spacial score (nSPS) is 20.4. The molecule has 0 aromatic carbocycles. The molecule has 1 unspecified atom stereocenters. The molecular weight excluding hydrogens is 214 g/mol. The van der Waals surface area contributed by atoms with Gasteiger partial charge >= 0.3 is 5.97 Å². The van der Waals surface area contributed by atoms with Crippen LogP contribution in [-0.4, -0.2) is 59.9 Å². The molecule has 0 bridgehead atoms. The second kappa shape index (κ2) is 6.44. The van der Waals surface area contributed by atoms with Crippen molar-refractivity contribution in [3.05, 3.63) is 0 Å². The number of hydrogen-bond donors (Lipinski definition) is 2. The molecule has 0 radical (unpaired) electrons. The second-order valence-corrected chi connectivity index (χ2v) is 3.77. The van der Waals surface area contributed by atoms with E-state index < -0.39 is 11.9 Å². The van der Waals surface area contributed by atoms with Crippen LogP contribution in [0, 0.1) is 5.92 Å². The highest BCUT2D eigenvalue weighted by atomic mass is 16.5. The first kappa shape index (κ1) is 12.9. The molecule has 1 amide bonds. The number of nitrogens with zero attached hydrogens (tertiary/aromatic N) is 1. The molecule has 6 nitrogen and oxygen atoms in total. The van der Waals surface area contributed by atoms with Crippen molar-refractivity contribution in [2.75, 3.05) is 32.9 Å². The predicted octanol–water partition coefficient (Wildman–Crippen LogP) is -0.681. The Morgan fingerprint density at radius 3 is 2.81 bits per heavy atom. The Balaban J connectivity index is 2.18. The molecule has 0 aromatic rings. The van der Waals surface area contributed by atoms with Crippen LogP contribution < -0.4 is 0 Å². The van der Waals surface area contributed by atoms with Crippen molar-refractivity contribution in [2.24, 2.45) is 5.92 Å². The summed E-state index contributed by atoms with van der Waals surface area (Å²) in [6.07, 6.45) is 0.769. The molecule has 6 heteroatoms. The zero-order valence-electron chi connectivity index (χ0n) is 9.09. The lowest BCUT2D eigenvalue weighted by Crippen LogP contribution is -2.28. The average Bonchev–Trinajstić information content (AvgIpc) is 2.60. The van der Waals surface area contributed by atoms with E-state index in [1.165, 1.54) is 0 Å². The number of rotatable bonds is 7. The summed E-state index contributed by atoms with van der Waals surface area (Å²) in [6.45, 7) is 1.58. The van der Waals surface area contributed by atoms with E-state index in [9.17, 15) is 9.59 Å².